The molecule has 0 saturated heterocycles. The minimum atomic E-state index is -2.39. The Bertz CT molecular complexity index is 845. The molecule has 2 aromatic rings. The zero-order chi connectivity index (χ0) is 17.6. The van der Waals surface area contributed by atoms with Gasteiger partial charge in [0.25, 0.3) is 0 Å². The van der Waals surface area contributed by atoms with Gasteiger partial charge in [-0.05, 0) is 44.0 Å². The number of hydrogen-bond acceptors (Lipinski definition) is 5. The van der Waals surface area contributed by atoms with Crippen molar-refractivity contribution in [1.29, 1.82) is 0 Å². The van der Waals surface area contributed by atoms with Crippen LogP contribution in [-0.2, 0) is 28.8 Å². The molecule has 1 aliphatic heterocycles. The zero-order valence-corrected chi connectivity index (χ0v) is 16.1. The normalized spacial score (nSPS) is 15.5. The number of carbonyl (C=O) groups is 1. The molecule has 1 aromatic carbocycles. The molecule has 0 aliphatic carbocycles. The van der Waals surface area contributed by atoms with E-state index in [0.29, 0.717) is 30.5 Å². The Hall–Kier alpha value is -0.973. The Labute approximate surface area is 165 Å². The Morgan fingerprint density at radius 2 is 2.08 bits per heavy atom. The average molecular weight is 378 g/mol. The van der Waals surface area contributed by atoms with Gasteiger partial charge in [0.05, 0.1) is 11.6 Å². The molecule has 25 heavy (non-hydrogen) atoms. The van der Waals surface area contributed by atoms with Gasteiger partial charge in [0, 0.05) is 28.8 Å². The third-order valence-electron chi connectivity index (χ3n) is 3.71. The first kappa shape index (κ1) is 20.3. The number of amides is 1. The van der Waals surface area contributed by atoms with Crippen molar-refractivity contribution in [2.45, 2.75) is 44.2 Å². The fourth-order valence-corrected chi connectivity index (χ4v) is 3.44. The van der Waals surface area contributed by atoms with Crippen LogP contribution in [0.4, 0.5) is 4.79 Å². The first-order chi connectivity index (χ1) is 11.2. The van der Waals surface area contributed by atoms with E-state index in [4.69, 9.17) is 20.8 Å². The Morgan fingerprint density at radius 3 is 2.68 bits per heavy atom. The molecule has 6 nitrogen and oxygen atoms in total. The van der Waals surface area contributed by atoms with E-state index in [1.165, 1.54) is 12.1 Å². The number of rotatable bonds is 1. The molecule has 1 atom stereocenters. The summed E-state index contributed by atoms with van der Waals surface area (Å²) in [6.07, 6.45) is 0.118. The number of carbonyl (C=O) groups excluding carboxylic acids is 1. The van der Waals surface area contributed by atoms with Gasteiger partial charge in [0.1, 0.15) is 11.4 Å². The molecule has 1 aromatic heterocycles. The molecule has 2 heterocycles. The fraction of sp³-hybridized carbons (Fsp3) is 0.438. The van der Waals surface area contributed by atoms with Gasteiger partial charge >= 0.3 is 25.0 Å². The molecule has 1 unspecified atom stereocenters. The number of fused-ring (bicyclic) bond motifs is 3. The summed E-state index contributed by atoms with van der Waals surface area (Å²) < 4.78 is 33.7. The van der Waals surface area contributed by atoms with Crippen LogP contribution in [0, 0.1) is 0 Å². The molecule has 3 rings (SSSR count). The second-order valence-electron chi connectivity index (χ2n) is 6.67. The van der Waals surface area contributed by atoms with Crippen LogP contribution in [0.2, 0.25) is 5.02 Å². The van der Waals surface area contributed by atoms with E-state index in [1.54, 1.807) is 4.90 Å². The minimum absolute atomic E-state index is 0. The van der Waals surface area contributed by atoms with Crippen molar-refractivity contribution in [3.8, 4) is 0 Å². The van der Waals surface area contributed by atoms with E-state index in [9.17, 15) is 13.6 Å². The van der Waals surface area contributed by atoms with Crippen molar-refractivity contribution in [1.82, 2.24) is 4.90 Å². The molecule has 1 amide bonds. The average Bonchev–Trinajstić information content (AvgIpc) is 2.84. The van der Waals surface area contributed by atoms with E-state index >= 15 is 0 Å². The molecule has 9 heteroatoms. The fourth-order valence-electron chi connectivity index (χ4n) is 2.69. The second-order valence-corrected chi connectivity index (χ2v) is 8.02. The Balaban J connectivity index is 0.00000225. The first-order valence-corrected chi connectivity index (χ1v) is 8.92. The van der Waals surface area contributed by atoms with Crippen LogP contribution in [0.5, 0.6) is 0 Å². The summed E-state index contributed by atoms with van der Waals surface area (Å²) in [6, 6.07) is 2.87. The van der Waals surface area contributed by atoms with Crippen LogP contribution in [0.15, 0.2) is 21.4 Å². The summed E-state index contributed by atoms with van der Waals surface area (Å²) in [5.74, 6) is 0.723. The number of benzene rings is 1. The summed E-state index contributed by atoms with van der Waals surface area (Å²) in [7, 11) is 0. The largest absolute Gasteiger partial charge is 1.00 e. The van der Waals surface area contributed by atoms with Crippen molar-refractivity contribution in [2.24, 2.45) is 0 Å². The molecule has 0 bridgehead atoms. The van der Waals surface area contributed by atoms with Gasteiger partial charge in [-0.1, -0.05) is 11.6 Å². The smallest absolute Gasteiger partial charge is 0.768 e. The number of ether oxygens (including phenoxy) is 1. The van der Waals surface area contributed by atoms with Crippen LogP contribution in [-0.4, -0.2) is 31.9 Å². The molecule has 0 saturated carbocycles. The molecular formula is C16H17ClLiNO5S. The van der Waals surface area contributed by atoms with Crippen LogP contribution in [0.1, 0.15) is 32.1 Å². The maximum Gasteiger partial charge on any atom is 1.00 e. The number of furan rings is 1. The topological polar surface area (TPSA) is 82.8 Å². The SMILES string of the molecule is CC(C)(C)OC(=O)N1CCc2oc3c(Cl)cc(S(=O)[O-])cc3c2C1.[Li+]. The Morgan fingerprint density at radius 1 is 1.40 bits per heavy atom. The molecule has 0 fully saturated rings. The predicted octanol–water partition coefficient (Wildman–Crippen LogP) is 0.621. The summed E-state index contributed by atoms with van der Waals surface area (Å²) in [6.45, 7) is 6.19. The van der Waals surface area contributed by atoms with Gasteiger partial charge in [0.15, 0.2) is 5.58 Å². The van der Waals surface area contributed by atoms with Gasteiger partial charge in [-0.3, -0.25) is 4.21 Å². The van der Waals surface area contributed by atoms with Crippen LogP contribution >= 0.6 is 11.6 Å². The molecular weight excluding hydrogens is 361 g/mol. The number of hydrogen-bond donors (Lipinski definition) is 0. The Kier molecular flexibility index (Phi) is 5.97. The first-order valence-electron chi connectivity index (χ1n) is 7.46. The third-order valence-corrected chi connectivity index (χ3v) is 4.61. The van der Waals surface area contributed by atoms with Crippen molar-refractivity contribution >= 4 is 39.7 Å². The van der Waals surface area contributed by atoms with Crippen molar-refractivity contribution < 1.29 is 41.6 Å². The second kappa shape index (κ2) is 7.34. The summed E-state index contributed by atoms with van der Waals surface area (Å²) >= 11 is 3.75. The summed E-state index contributed by atoms with van der Waals surface area (Å²) in [5, 5.41) is 0.856. The van der Waals surface area contributed by atoms with E-state index in [-0.39, 0.29) is 28.8 Å². The van der Waals surface area contributed by atoms with Crippen molar-refractivity contribution in [2.75, 3.05) is 6.54 Å². The van der Waals surface area contributed by atoms with Gasteiger partial charge < -0.3 is 18.6 Å². The van der Waals surface area contributed by atoms with Crippen LogP contribution in [0.3, 0.4) is 0 Å². The number of halogens is 1. The number of nitrogens with zero attached hydrogens (tertiary/aromatic N) is 1. The van der Waals surface area contributed by atoms with E-state index < -0.39 is 22.8 Å². The maximum absolute atomic E-state index is 12.3. The van der Waals surface area contributed by atoms with E-state index in [0.717, 1.165) is 11.3 Å². The molecule has 0 spiro atoms. The monoisotopic (exact) mass is 377 g/mol. The third kappa shape index (κ3) is 4.24. The van der Waals surface area contributed by atoms with Gasteiger partial charge in [0.2, 0.25) is 0 Å². The quantitative estimate of drug-likeness (QED) is 0.537. The zero-order valence-electron chi connectivity index (χ0n) is 14.6. The van der Waals surface area contributed by atoms with Gasteiger partial charge in [-0.2, -0.15) is 0 Å². The maximum atomic E-state index is 12.3. The van der Waals surface area contributed by atoms with E-state index in [1.807, 2.05) is 20.8 Å². The molecule has 1 aliphatic rings. The van der Waals surface area contributed by atoms with E-state index in [2.05, 4.69) is 0 Å². The summed E-state index contributed by atoms with van der Waals surface area (Å²) in [5.41, 5.74) is 0.643. The van der Waals surface area contributed by atoms with Crippen LogP contribution < -0.4 is 18.9 Å². The van der Waals surface area contributed by atoms with Gasteiger partial charge in [-0.15, -0.1) is 0 Å². The minimum Gasteiger partial charge on any atom is -0.768 e. The van der Waals surface area contributed by atoms with Gasteiger partial charge in [-0.25, -0.2) is 4.79 Å². The standard InChI is InChI=1S/C16H18ClNO5S.Li/c1-16(2,3)23-15(19)18-5-4-13-11(8-18)10-6-9(24(20)21)7-12(17)14(10)22-13;/h6-7H,4-5,8H2,1-3H3,(H,20,21);/q;+1/p-1. The molecule has 0 N–H and O–H groups in total. The molecule has 0 radical (unpaired) electrons. The molecule has 130 valence electrons. The van der Waals surface area contributed by atoms with Crippen LogP contribution in [0.25, 0.3) is 11.0 Å². The predicted molar refractivity (Wildman–Crippen MR) is 88.8 cm³/mol. The van der Waals surface area contributed by atoms with Crippen molar-refractivity contribution in [3.63, 3.8) is 0 Å². The summed E-state index contributed by atoms with van der Waals surface area (Å²) in [4.78, 5) is 13.9. The van der Waals surface area contributed by atoms with Crippen molar-refractivity contribution in [3.05, 3.63) is 28.5 Å².